The molecule has 0 radical (unpaired) electrons. The monoisotopic (exact) mass is 164 g/mol. The highest BCUT2D eigenvalue weighted by Crippen LogP contribution is 1.99. The van der Waals surface area contributed by atoms with Gasteiger partial charge in [-0.25, -0.2) is 0 Å². The molecule has 2 nitrogen and oxygen atoms in total. The van der Waals surface area contributed by atoms with Crippen molar-refractivity contribution in [2.24, 2.45) is 0 Å². The zero-order chi connectivity index (χ0) is 7.11. The van der Waals surface area contributed by atoms with Crippen LogP contribution < -0.4 is 5.48 Å². The molecule has 0 aliphatic carbocycles. The molecule has 0 aromatic carbocycles. The van der Waals surface area contributed by atoms with Crippen LogP contribution in [0.4, 0.5) is 0 Å². The van der Waals surface area contributed by atoms with Gasteiger partial charge in [-0.2, -0.15) is 11.8 Å². The van der Waals surface area contributed by atoms with Crippen LogP contribution in [0.5, 0.6) is 0 Å². The number of thiocarbonyl (C=S) groups is 1. The number of rotatable bonds is 4. The Kier molecular flexibility index (Phi) is 6.46. The third kappa shape index (κ3) is 6.08. The maximum Gasteiger partial charge on any atom is 0.0647 e. The van der Waals surface area contributed by atoms with E-state index in [0.29, 0.717) is 4.99 Å². The number of hydrogen-bond acceptors (Lipinski definition) is 3. The van der Waals surface area contributed by atoms with Gasteiger partial charge in [-0.05, 0) is 24.9 Å². The lowest BCUT2D eigenvalue weighted by Gasteiger charge is -2.08. The van der Waals surface area contributed by atoms with E-state index in [9.17, 15) is 5.21 Å². The largest absolute Gasteiger partial charge is 0.761 e. The van der Waals surface area contributed by atoms with Crippen LogP contribution in [0.3, 0.4) is 0 Å². The summed E-state index contributed by atoms with van der Waals surface area (Å²) in [6, 6.07) is 0. The molecule has 9 heavy (non-hydrogen) atoms. The van der Waals surface area contributed by atoms with Crippen LogP contribution >= 0.6 is 24.0 Å². The third-order valence-corrected chi connectivity index (χ3v) is 1.85. The molecule has 0 amide bonds. The highest BCUT2D eigenvalue weighted by Gasteiger charge is 1.88. The zero-order valence-electron chi connectivity index (χ0n) is 5.35. The first-order valence-corrected chi connectivity index (χ1v) is 4.51. The van der Waals surface area contributed by atoms with Gasteiger partial charge < -0.3 is 10.7 Å². The van der Waals surface area contributed by atoms with Crippen LogP contribution in [0, 0.1) is 5.21 Å². The van der Waals surface area contributed by atoms with Gasteiger partial charge in [0.05, 0.1) is 4.99 Å². The first-order chi connectivity index (χ1) is 4.31. The second-order valence-corrected chi connectivity index (χ2v) is 3.10. The topological polar surface area (TPSA) is 35.1 Å². The highest BCUT2D eigenvalue weighted by molar-refractivity contribution is 7.98. The molecule has 0 spiro atoms. The lowest BCUT2D eigenvalue weighted by atomic mass is 10.3. The molecule has 54 valence electrons. The molecule has 0 aliphatic rings. The van der Waals surface area contributed by atoms with Crippen molar-refractivity contribution in [2.75, 3.05) is 12.0 Å². The number of hydrogen-bond donors (Lipinski definition) is 1. The van der Waals surface area contributed by atoms with Crippen LogP contribution in [0.1, 0.15) is 12.8 Å². The summed E-state index contributed by atoms with van der Waals surface area (Å²) in [6.07, 6.45) is 3.75. The Balaban J connectivity index is 2.97. The molecule has 0 aromatic heterocycles. The summed E-state index contributed by atoms with van der Waals surface area (Å²) >= 11 is 6.40. The molecule has 0 aliphatic heterocycles. The van der Waals surface area contributed by atoms with E-state index in [0.717, 1.165) is 18.6 Å². The third-order valence-electron chi connectivity index (χ3n) is 0.866. The minimum Gasteiger partial charge on any atom is -0.761 e. The van der Waals surface area contributed by atoms with Gasteiger partial charge in [0.1, 0.15) is 0 Å². The normalized spacial score (nSPS) is 9.11. The molecule has 0 aromatic rings. The maximum atomic E-state index is 9.83. The molecule has 0 saturated carbocycles. The molecule has 1 N–H and O–H groups in total. The molecule has 0 unspecified atom stereocenters. The first-order valence-electron chi connectivity index (χ1n) is 2.71. The predicted octanol–water partition coefficient (Wildman–Crippen LogP) is 1.54. The van der Waals surface area contributed by atoms with E-state index in [-0.39, 0.29) is 0 Å². The van der Waals surface area contributed by atoms with E-state index >= 15 is 0 Å². The average Bonchev–Trinajstić information content (AvgIpc) is 1.89. The summed E-state index contributed by atoms with van der Waals surface area (Å²) in [7, 11) is 0. The minimum atomic E-state index is 0.420. The zero-order valence-corrected chi connectivity index (χ0v) is 6.98. The molecule has 0 saturated heterocycles. The van der Waals surface area contributed by atoms with Crippen LogP contribution in [-0.4, -0.2) is 17.0 Å². The summed E-state index contributed by atoms with van der Waals surface area (Å²) in [5, 5.41) is 9.83. The van der Waals surface area contributed by atoms with Crippen LogP contribution in [-0.2, 0) is 0 Å². The van der Waals surface area contributed by atoms with Crippen molar-refractivity contribution in [2.45, 2.75) is 12.8 Å². The molecule has 0 bridgehead atoms. The summed E-state index contributed by atoms with van der Waals surface area (Å²) in [5.74, 6) is 1.07. The maximum absolute atomic E-state index is 9.83. The van der Waals surface area contributed by atoms with Gasteiger partial charge in [0.15, 0.2) is 0 Å². The Morgan fingerprint density at radius 3 is 2.89 bits per heavy atom. The van der Waals surface area contributed by atoms with E-state index in [2.05, 4.69) is 12.2 Å². The predicted molar refractivity (Wildman–Crippen MR) is 46.7 cm³/mol. The van der Waals surface area contributed by atoms with Crippen molar-refractivity contribution in [3.63, 3.8) is 0 Å². The lowest BCUT2D eigenvalue weighted by molar-refractivity contribution is 0.992. The molecular formula is C5H10NOS2-. The average molecular weight is 164 g/mol. The smallest absolute Gasteiger partial charge is 0.0647 e. The number of hydroxylamine groups is 1. The second-order valence-electron chi connectivity index (χ2n) is 1.62. The Labute approximate surface area is 65.0 Å². The summed E-state index contributed by atoms with van der Waals surface area (Å²) in [4.78, 5) is 0.420. The van der Waals surface area contributed by atoms with Crippen molar-refractivity contribution in [1.29, 1.82) is 0 Å². The fraction of sp³-hybridized carbons (Fsp3) is 0.800. The number of thioether (sulfide) groups is 1. The minimum absolute atomic E-state index is 0.420. The van der Waals surface area contributed by atoms with Gasteiger partial charge in [0.25, 0.3) is 0 Å². The Hall–Kier alpha value is 0.200. The molecule has 0 rings (SSSR count). The van der Waals surface area contributed by atoms with E-state index < -0.39 is 0 Å². The SMILES string of the molecule is CSCCCC(=S)N[O-]. The molecule has 0 atom stereocenters. The molecular weight excluding hydrogens is 154 g/mol. The standard InChI is InChI=1S/C5H10NOS2/c1-9-4-2-3-5(8)6-7/h2-4H2,1H3,(H-,6,7,8)/q-1. The summed E-state index contributed by atoms with van der Waals surface area (Å²) in [5.41, 5.74) is 1.70. The van der Waals surface area contributed by atoms with Crippen molar-refractivity contribution in [1.82, 2.24) is 5.48 Å². The van der Waals surface area contributed by atoms with E-state index in [1.165, 1.54) is 0 Å². The van der Waals surface area contributed by atoms with Crippen molar-refractivity contribution in [3.05, 3.63) is 5.21 Å². The van der Waals surface area contributed by atoms with Gasteiger partial charge in [-0.1, -0.05) is 12.2 Å². The van der Waals surface area contributed by atoms with Crippen molar-refractivity contribution in [3.8, 4) is 0 Å². The summed E-state index contributed by atoms with van der Waals surface area (Å²) < 4.78 is 0. The lowest BCUT2D eigenvalue weighted by Crippen LogP contribution is -2.12. The van der Waals surface area contributed by atoms with E-state index in [1.807, 2.05) is 6.26 Å². The first kappa shape index (κ1) is 9.20. The van der Waals surface area contributed by atoms with Crippen molar-refractivity contribution >= 4 is 29.0 Å². The Morgan fingerprint density at radius 2 is 2.44 bits per heavy atom. The van der Waals surface area contributed by atoms with Gasteiger partial charge in [0, 0.05) is 0 Å². The van der Waals surface area contributed by atoms with Gasteiger partial charge in [-0.15, -0.1) is 0 Å². The van der Waals surface area contributed by atoms with Crippen molar-refractivity contribution < 1.29 is 0 Å². The Bertz CT molecular complexity index is 87.0. The number of nitrogens with one attached hydrogen (secondary N) is 1. The van der Waals surface area contributed by atoms with Gasteiger partial charge >= 0.3 is 0 Å². The summed E-state index contributed by atoms with van der Waals surface area (Å²) in [6.45, 7) is 0. The van der Waals surface area contributed by atoms with Gasteiger partial charge in [0.2, 0.25) is 0 Å². The molecule has 4 heteroatoms. The van der Waals surface area contributed by atoms with E-state index in [4.69, 9.17) is 0 Å². The van der Waals surface area contributed by atoms with Crippen LogP contribution in [0.25, 0.3) is 0 Å². The molecule has 0 heterocycles. The van der Waals surface area contributed by atoms with Crippen LogP contribution in [0.2, 0.25) is 0 Å². The van der Waals surface area contributed by atoms with Crippen LogP contribution in [0.15, 0.2) is 0 Å². The highest BCUT2D eigenvalue weighted by atomic mass is 32.2. The fourth-order valence-corrected chi connectivity index (χ4v) is 1.01. The van der Waals surface area contributed by atoms with E-state index in [1.54, 1.807) is 17.2 Å². The quantitative estimate of drug-likeness (QED) is 0.388. The molecule has 0 fully saturated rings. The van der Waals surface area contributed by atoms with Gasteiger partial charge in [-0.3, -0.25) is 0 Å². The Morgan fingerprint density at radius 1 is 1.78 bits per heavy atom. The fourth-order valence-electron chi connectivity index (χ4n) is 0.428. The second kappa shape index (κ2) is 6.32.